The molecule has 1 aliphatic heterocycles. The molecule has 3 N–H and O–H groups in total. The van der Waals surface area contributed by atoms with E-state index in [-0.39, 0.29) is 12.6 Å². The lowest BCUT2D eigenvalue weighted by molar-refractivity contribution is 0.122. The number of benzene rings is 2. The van der Waals surface area contributed by atoms with Crippen LogP contribution in [0.1, 0.15) is 24.0 Å². The summed E-state index contributed by atoms with van der Waals surface area (Å²) in [5, 5.41) is 9.92. The standard InChI is InChI=1S/C28H33ClF2N6O2/c1-38-25-15-22(37-10-12-39-13-11-37)8-9-24(25)35-27-23(29)16-33-28(36-27)34-21-7-3-18-2-5-20(32-17-26(30)31)6-4-19(18)14-21/h3,7-9,14-16,20,26,32H,2,4-6,10-13,17H2,1H3,(H2,33,34,35,36). The van der Waals surface area contributed by atoms with Crippen LogP contribution in [-0.2, 0) is 17.6 Å². The Labute approximate surface area is 232 Å². The Morgan fingerprint density at radius 3 is 2.64 bits per heavy atom. The molecular weight excluding hydrogens is 526 g/mol. The fourth-order valence-corrected chi connectivity index (χ4v) is 5.16. The van der Waals surface area contributed by atoms with Gasteiger partial charge in [0.2, 0.25) is 5.95 Å². The first-order valence-corrected chi connectivity index (χ1v) is 13.6. The Bertz CT molecular complexity index is 1270. The summed E-state index contributed by atoms with van der Waals surface area (Å²) in [6.45, 7) is 2.82. The summed E-state index contributed by atoms with van der Waals surface area (Å²) >= 11 is 6.44. The number of nitrogens with zero attached hydrogens (tertiary/aromatic N) is 3. The van der Waals surface area contributed by atoms with Crippen LogP contribution in [0.5, 0.6) is 5.75 Å². The maximum Gasteiger partial charge on any atom is 0.250 e. The van der Waals surface area contributed by atoms with E-state index in [0.29, 0.717) is 35.8 Å². The van der Waals surface area contributed by atoms with Crippen LogP contribution in [0.15, 0.2) is 42.6 Å². The summed E-state index contributed by atoms with van der Waals surface area (Å²) in [6, 6.07) is 12.2. The SMILES string of the molecule is COc1cc(N2CCOCC2)ccc1Nc1nc(Nc2ccc3c(c2)CCC(NCC(F)F)CC3)ncc1Cl. The van der Waals surface area contributed by atoms with Gasteiger partial charge in [0.15, 0.2) is 5.82 Å². The van der Waals surface area contributed by atoms with Gasteiger partial charge in [-0.15, -0.1) is 0 Å². The number of nitrogens with one attached hydrogen (secondary N) is 3. The molecule has 39 heavy (non-hydrogen) atoms. The second-order valence-electron chi connectivity index (χ2n) is 9.68. The van der Waals surface area contributed by atoms with E-state index in [4.69, 9.17) is 21.1 Å². The molecule has 5 rings (SSSR count). The van der Waals surface area contributed by atoms with Gasteiger partial charge in [-0.2, -0.15) is 4.98 Å². The topological polar surface area (TPSA) is 83.6 Å². The molecule has 0 bridgehead atoms. The highest BCUT2D eigenvalue weighted by molar-refractivity contribution is 6.33. The van der Waals surface area contributed by atoms with E-state index in [9.17, 15) is 8.78 Å². The number of morpholine rings is 1. The molecule has 2 heterocycles. The van der Waals surface area contributed by atoms with Crippen molar-refractivity contribution in [2.24, 2.45) is 0 Å². The van der Waals surface area contributed by atoms with Gasteiger partial charge < -0.3 is 30.3 Å². The van der Waals surface area contributed by atoms with E-state index in [1.54, 1.807) is 13.3 Å². The lowest BCUT2D eigenvalue weighted by atomic mass is 10.0. The van der Waals surface area contributed by atoms with Crippen LogP contribution in [0.3, 0.4) is 0 Å². The van der Waals surface area contributed by atoms with E-state index >= 15 is 0 Å². The maximum atomic E-state index is 12.6. The van der Waals surface area contributed by atoms with Crippen LogP contribution >= 0.6 is 11.6 Å². The first-order chi connectivity index (χ1) is 19.0. The molecule has 1 aliphatic carbocycles. The third-order valence-corrected chi connectivity index (χ3v) is 7.38. The van der Waals surface area contributed by atoms with Crippen LogP contribution in [0, 0.1) is 0 Å². The van der Waals surface area contributed by atoms with Crippen molar-refractivity contribution in [3.05, 3.63) is 58.7 Å². The lowest BCUT2D eigenvalue weighted by Gasteiger charge is -2.29. The van der Waals surface area contributed by atoms with E-state index in [1.165, 1.54) is 11.1 Å². The minimum Gasteiger partial charge on any atom is -0.494 e. The summed E-state index contributed by atoms with van der Waals surface area (Å²) in [4.78, 5) is 11.2. The van der Waals surface area contributed by atoms with Crippen molar-refractivity contribution in [2.45, 2.75) is 38.2 Å². The molecule has 1 fully saturated rings. The van der Waals surface area contributed by atoms with Gasteiger partial charge in [0.25, 0.3) is 6.43 Å². The molecule has 0 spiro atoms. The van der Waals surface area contributed by atoms with Gasteiger partial charge in [-0.3, -0.25) is 0 Å². The first kappa shape index (κ1) is 27.4. The van der Waals surface area contributed by atoms with Gasteiger partial charge in [0, 0.05) is 36.6 Å². The number of halogens is 3. The van der Waals surface area contributed by atoms with Gasteiger partial charge in [-0.25, -0.2) is 13.8 Å². The number of anilines is 5. The lowest BCUT2D eigenvalue weighted by Crippen LogP contribution is -2.36. The van der Waals surface area contributed by atoms with Crippen LogP contribution in [0.2, 0.25) is 5.02 Å². The van der Waals surface area contributed by atoms with Crippen molar-refractivity contribution in [1.82, 2.24) is 15.3 Å². The molecule has 2 aliphatic rings. The fourth-order valence-electron chi connectivity index (χ4n) is 5.02. The normalized spacial score (nSPS) is 17.5. The van der Waals surface area contributed by atoms with E-state index < -0.39 is 6.43 Å². The average Bonchev–Trinajstić information content (AvgIpc) is 3.16. The molecule has 8 nitrogen and oxygen atoms in total. The van der Waals surface area contributed by atoms with Crippen LogP contribution in [0.4, 0.5) is 37.6 Å². The number of ether oxygens (including phenoxy) is 2. The molecule has 11 heteroatoms. The minimum absolute atomic E-state index is 0.0935. The molecule has 1 atom stereocenters. The number of hydrogen-bond donors (Lipinski definition) is 3. The van der Waals surface area contributed by atoms with E-state index in [2.05, 4.69) is 43.0 Å². The molecule has 0 amide bonds. The number of methoxy groups -OCH3 is 1. The summed E-state index contributed by atoms with van der Waals surface area (Å²) in [5.41, 5.74) is 5.11. The highest BCUT2D eigenvalue weighted by Gasteiger charge is 2.18. The predicted molar refractivity (Wildman–Crippen MR) is 151 cm³/mol. The van der Waals surface area contributed by atoms with E-state index in [0.717, 1.165) is 55.8 Å². The smallest absolute Gasteiger partial charge is 0.250 e. The third-order valence-electron chi connectivity index (χ3n) is 7.11. The third kappa shape index (κ3) is 7.06. The fraction of sp³-hybridized carbons (Fsp3) is 0.429. The number of fused-ring (bicyclic) bond motifs is 1. The summed E-state index contributed by atoms with van der Waals surface area (Å²) in [7, 11) is 1.63. The van der Waals surface area contributed by atoms with Gasteiger partial charge in [-0.1, -0.05) is 17.7 Å². The second-order valence-corrected chi connectivity index (χ2v) is 10.1. The Hall–Kier alpha value is -3.21. The van der Waals surface area contributed by atoms with E-state index in [1.807, 2.05) is 24.3 Å². The Morgan fingerprint density at radius 1 is 1.08 bits per heavy atom. The molecule has 3 aromatic rings. The number of aryl methyl sites for hydroxylation is 2. The average molecular weight is 559 g/mol. The highest BCUT2D eigenvalue weighted by Crippen LogP contribution is 2.34. The largest absolute Gasteiger partial charge is 0.494 e. The highest BCUT2D eigenvalue weighted by atomic mass is 35.5. The summed E-state index contributed by atoms with van der Waals surface area (Å²) < 4.78 is 36.3. The van der Waals surface area contributed by atoms with Crippen LogP contribution in [-0.4, -0.2) is 62.4 Å². The number of rotatable bonds is 9. The van der Waals surface area contributed by atoms with Gasteiger partial charge in [0.1, 0.15) is 10.8 Å². The summed E-state index contributed by atoms with van der Waals surface area (Å²) in [6.07, 6.45) is 2.56. The van der Waals surface area contributed by atoms with Crippen LogP contribution < -0.4 is 25.6 Å². The zero-order chi connectivity index (χ0) is 27.2. The monoisotopic (exact) mass is 558 g/mol. The predicted octanol–water partition coefficient (Wildman–Crippen LogP) is 5.56. The Kier molecular flexibility index (Phi) is 8.95. The first-order valence-electron chi connectivity index (χ1n) is 13.2. The quantitative estimate of drug-likeness (QED) is 0.294. The maximum absolute atomic E-state index is 12.6. The zero-order valence-corrected chi connectivity index (χ0v) is 22.6. The molecular formula is C28H33ClF2N6O2. The number of alkyl halides is 2. The van der Waals surface area contributed by atoms with Crippen molar-refractivity contribution in [3.8, 4) is 5.75 Å². The molecule has 0 saturated carbocycles. The van der Waals surface area contributed by atoms with Gasteiger partial charge >= 0.3 is 0 Å². The van der Waals surface area contributed by atoms with Gasteiger partial charge in [-0.05, 0) is 61.1 Å². The molecule has 1 aromatic heterocycles. The molecule has 2 aromatic carbocycles. The van der Waals surface area contributed by atoms with Crippen molar-refractivity contribution < 1.29 is 18.3 Å². The minimum atomic E-state index is -2.33. The molecule has 1 unspecified atom stereocenters. The Balaban J connectivity index is 1.27. The number of aromatic nitrogens is 2. The zero-order valence-electron chi connectivity index (χ0n) is 21.9. The summed E-state index contributed by atoms with van der Waals surface area (Å²) in [5.74, 6) is 1.53. The number of hydrogen-bond acceptors (Lipinski definition) is 8. The van der Waals surface area contributed by atoms with Crippen molar-refractivity contribution in [2.75, 3.05) is 55.5 Å². The molecule has 1 saturated heterocycles. The van der Waals surface area contributed by atoms with Gasteiger partial charge in [0.05, 0.1) is 38.8 Å². The Morgan fingerprint density at radius 2 is 1.87 bits per heavy atom. The van der Waals surface area contributed by atoms with Crippen molar-refractivity contribution in [1.29, 1.82) is 0 Å². The second kappa shape index (κ2) is 12.8. The molecule has 0 radical (unpaired) electrons. The molecule has 208 valence electrons. The van der Waals surface area contributed by atoms with Crippen LogP contribution in [0.25, 0.3) is 0 Å². The van der Waals surface area contributed by atoms with Crippen molar-refractivity contribution in [3.63, 3.8) is 0 Å². The van der Waals surface area contributed by atoms with Crippen molar-refractivity contribution >= 4 is 40.4 Å².